The molecule has 2 aromatic carbocycles. The van der Waals surface area contributed by atoms with Gasteiger partial charge >= 0.3 is 0 Å². The molecule has 0 amide bonds. The van der Waals surface area contributed by atoms with Crippen LogP contribution in [0.5, 0.6) is 5.75 Å². The molecule has 112 valence electrons. The summed E-state index contributed by atoms with van der Waals surface area (Å²) in [5, 5.41) is 0.715. The number of ether oxygens (including phenoxy) is 1. The molecule has 2 aromatic rings. The maximum Gasteiger partial charge on any atom is 0.124 e. The van der Waals surface area contributed by atoms with E-state index in [1.807, 2.05) is 42.5 Å². The Morgan fingerprint density at radius 3 is 2.57 bits per heavy atom. The van der Waals surface area contributed by atoms with E-state index in [0.29, 0.717) is 11.6 Å². The minimum absolute atomic E-state index is 0.0972. The van der Waals surface area contributed by atoms with Gasteiger partial charge in [-0.05, 0) is 42.7 Å². The van der Waals surface area contributed by atoms with Crippen LogP contribution in [0.4, 0.5) is 0 Å². The van der Waals surface area contributed by atoms with Crippen LogP contribution in [0.1, 0.15) is 24.5 Å². The van der Waals surface area contributed by atoms with Crippen molar-refractivity contribution in [3.05, 3.63) is 63.1 Å². The smallest absolute Gasteiger partial charge is 0.124 e. The summed E-state index contributed by atoms with van der Waals surface area (Å²) < 4.78 is 6.99. The molecule has 2 nitrogen and oxygen atoms in total. The molecule has 0 radical (unpaired) electrons. The average Bonchev–Trinajstić information content (AvgIpc) is 2.49. The minimum Gasteiger partial charge on any atom is -0.489 e. The zero-order valence-electron chi connectivity index (χ0n) is 12.0. The first-order valence-electron chi connectivity index (χ1n) is 7.00. The first-order valence-corrected chi connectivity index (χ1v) is 8.17. The standard InChI is InChI=1S/C17H19BrClNO/c1-2-14(20)10-15-16(19)4-3-5-17(15)21-11-12-6-8-13(18)9-7-12/h3-9,14H,2,10-11,20H2,1H3. The number of nitrogens with two attached hydrogens (primary N) is 1. The second kappa shape index (κ2) is 7.83. The summed E-state index contributed by atoms with van der Waals surface area (Å²) in [4.78, 5) is 0. The summed E-state index contributed by atoms with van der Waals surface area (Å²) in [5.41, 5.74) is 8.15. The molecule has 0 aliphatic heterocycles. The lowest BCUT2D eigenvalue weighted by molar-refractivity contribution is 0.302. The topological polar surface area (TPSA) is 35.2 Å². The van der Waals surface area contributed by atoms with Gasteiger partial charge in [-0.1, -0.05) is 52.7 Å². The third-order valence-electron chi connectivity index (χ3n) is 3.37. The monoisotopic (exact) mass is 367 g/mol. The van der Waals surface area contributed by atoms with Crippen molar-refractivity contribution in [1.29, 1.82) is 0 Å². The lowest BCUT2D eigenvalue weighted by Crippen LogP contribution is -2.22. The number of halogens is 2. The van der Waals surface area contributed by atoms with E-state index in [9.17, 15) is 0 Å². The summed E-state index contributed by atoms with van der Waals surface area (Å²) >= 11 is 9.72. The van der Waals surface area contributed by atoms with Gasteiger partial charge in [-0.25, -0.2) is 0 Å². The van der Waals surface area contributed by atoms with E-state index in [4.69, 9.17) is 22.1 Å². The molecule has 0 spiro atoms. The minimum atomic E-state index is 0.0972. The lowest BCUT2D eigenvalue weighted by Gasteiger charge is -2.16. The van der Waals surface area contributed by atoms with Gasteiger partial charge in [0.05, 0.1) is 0 Å². The van der Waals surface area contributed by atoms with Crippen molar-refractivity contribution in [3.63, 3.8) is 0 Å². The van der Waals surface area contributed by atoms with Gasteiger partial charge < -0.3 is 10.5 Å². The van der Waals surface area contributed by atoms with Crippen LogP contribution in [-0.4, -0.2) is 6.04 Å². The summed E-state index contributed by atoms with van der Waals surface area (Å²) in [6.07, 6.45) is 1.64. The summed E-state index contributed by atoms with van der Waals surface area (Å²) in [6.45, 7) is 2.59. The van der Waals surface area contributed by atoms with Gasteiger partial charge in [0.1, 0.15) is 12.4 Å². The molecule has 0 aliphatic carbocycles. The highest BCUT2D eigenvalue weighted by Gasteiger charge is 2.12. The van der Waals surface area contributed by atoms with Crippen LogP contribution in [0.25, 0.3) is 0 Å². The number of benzene rings is 2. The molecular formula is C17H19BrClNO. The van der Waals surface area contributed by atoms with Gasteiger partial charge in [0.2, 0.25) is 0 Å². The molecule has 0 aliphatic rings. The Morgan fingerprint density at radius 1 is 1.19 bits per heavy atom. The van der Waals surface area contributed by atoms with Crippen molar-refractivity contribution in [2.45, 2.75) is 32.4 Å². The normalized spacial score (nSPS) is 12.2. The molecule has 2 rings (SSSR count). The van der Waals surface area contributed by atoms with Crippen molar-refractivity contribution in [2.75, 3.05) is 0 Å². The van der Waals surface area contributed by atoms with E-state index >= 15 is 0 Å². The van der Waals surface area contributed by atoms with E-state index in [1.54, 1.807) is 0 Å². The Balaban J connectivity index is 2.12. The zero-order chi connectivity index (χ0) is 15.2. The van der Waals surface area contributed by atoms with E-state index in [-0.39, 0.29) is 6.04 Å². The number of hydrogen-bond donors (Lipinski definition) is 1. The molecule has 0 bridgehead atoms. The van der Waals surface area contributed by atoms with E-state index in [1.165, 1.54) is 0 Å². The van der Waals surface area contributed by atoms with Crippen molar-refractivity contribution in [3.8, 4) is 5.75 Å². The predicted octanol–water partition coefficient (Wildman–Crippen LogP) is 4.96. The fraction of sp³-hybridized carbons (Fsp3) is 0.294. The highest BCUT2D eigenvalue weighted by molar-refractivity contribution is 9.10. The third kappa shape index (κ3) is 4.73. The molecule has 1 unspecified atom stereocenters. The summed E-state index contributed by atoms with van der Waals surface area (Å²) in [6, 6.07) is 13.9. The predicted molar refractivity (Wildman–Crippen MR) is 91.9 cm³/mol. The largest absolute Gasteiger partial charge is 0.489 e. The highest BCUT2D eigenvalue weighted by atomic mass is 79.9. The Kier molecular flexibility index (Phi) is 6.09. The molecule has 0 saturated carbocycles. The fourth-order valence-electron chi connectivity index (χ4n) is 2.02. The van der Waals surface area contributed by atoms with Crippen LogP contribution in [0.2, 0.25) is 5.02 Å². The van der Waals surface area contributed by atoms with Gasteiger partial charge in [-0.15, -0.1) is 0 Å². The van der Waals surface area contributed by atoms with Crippen LogP contribution in [0, 0.1) is 0 Å². The quantitative estimate of drug-likeness (QED) is 0.782. The summed E-state index contributed by atoms with van der Waals surface area (Å²) in [7, 11) is 0. The molecule has 1 atom stereocenters. The molecule has 0 fully saturated rings. The lowest BCUT2D eigenvalue weighted by atomic mass is 10.0. The van der Waals surface area contributed by atoms with E-state index < -0.39 is 0 Å². The maximum atomic E-state index is 6.29. The number of rotatable bonds is 6. The Hall–Kier alpha value is -1.03. The van der Waals surface area contributed by atoms with Crippen LogP contribution >= 0.6 is 27.5 Å². The Labute approximate surface area is 139 Å². The number of hydrogen-bond acceptors (Lipinski definition) is 2. The first kappa shape index (κ1) is 16.3. The van der Waals surface area contributed by atoms with Crippen molar-refractivity contribution in [2.24, 2.45) is 5.73 Å². The van der Waals surface area contributed by atoms with Gasteiger partial charge in [0, 0.05) is 21.1 Å². The first-order chi connectivity index (χ1) is 10.1. The molecule has 0 heterocycles. The van der Waals surface area contributed by atoms with Crippen molar-refractivity contribution in [1.82, 2.24) is 0 Å². The molecule has 0 aromatic heterocycles. The Bertz CT molecular complexity index is 586. The molecule has 4 heteroatoms. The molecular weight excluding hydrogens is 350 g/mol. The fourth-order valence-corrected chi connectivity index (χ4v) is 2.53. The van der Waals surface area contributed by atoms with E-state index in [0.717, 1.165) is 34.2 Å². The van der Waals surface area contributed by atoms with Crippen LogP contribution in [0.15, 0.2) is 46.9 Å². The average molecular weight is 369 g/mol. The second-order valence-electron chi connectivity index (χ2n) is 5.00. The second-order valence-corrected chi connectivity index (χ2v) is 6.33. The molecule has 0 saturated heterocycles. The summed E-state index contributed by atoms with van der Waals surface area (Å²) in [5.74, 6) is 0.814. The van der Waals surface area contributed by atoms with Gasteiger partial charge in [-0.3, -0.25) is 0 Å². The van der Waals surface area contributed by atoms with Crippen LogP contribution < -0.4 is 10.5 Å². The van der Waals surface area contributed by atoms with Gasteiger partial charge in [0.25, 0.3) is 0 Å². The van der Waals surface area contributed by atoms with Crippen molar-refractivity contribution < 1.29 is 4.74 Å². The zero-order valence-corrected chi connectivity index (χ0v) is 14.3. The SMILES string of the molecule is CCC(N)Cc1c(Cl)cccc1OCc1ccc(Br)cc1. The molecule has 21 heavy (non-hydrogen) atoms. The third-order valence-corrected chi connectivity index (χ3v) is 4.26. The van der Waals surface area contributed by atoms with E-state index in [2.05, 4.69) is 22.9 Å². The molecule has 2 N–H and O–H groups in total. The van der Waals surface area contributed by atoms with Gasteiger partial charge in [0.15, 0.2) is 0 Å². The van der Waals surface area contributed by atoms with Crippen LogP contribution in [-0.2, 0) is 13.0 Å². The van der Waals surface area contributed by atoms with Gasteiger partial charge in [-0.2, -0.15) is 0 Å². The maximum absolute atomic E-state index is 6.29. The highest BCUT2D eigenvalue weighted by Crippen LogP contribution is 2.28. The Morgan fingerprint density at radius 2 is 1.90 bits per heavy atom. The van der Waals surface area contributed by atoms with Crippen molar-refractivity contribution >= 4 is 27.5 Å². The van der Waals surface area contributed by atoms with Crippen LogP contribution in [0.3, 0.4) is 0 Å².